The average molecular weight is 1200 g/mol. The van der Waals surface area contributed by atoms with Crippen molar-refractivity contribution in [1.82, 2.24) is 16.0 Å². The molecule has 0 saturated carbocycles. The van der Waals surface area contributed by atoms with E-state index in [1.165, 1.54) is 38.5 Å². The molecule has 0 saturated heterocycles. The van der Waals surface area contributed by atoms with Gasteiger partial charge in [-0.25, -0.2) is 24.0 Å². The van der Waals surface area contributed by atoms with E-state index in [-0.39, 0.29) is 54.3 Å². The first-order valence-corrected chi connectivity index (χ1v) is 27.2. The molecule has 0 radical (unpaired) electrons. The number of esters is 5. The second-order valence-electron chi connectivity index (χ2n) is 17.3. The summed E-state index contributed by atoms with van der Waals surface area (Å²) in [7, 11) is 6.39. The number of nitrogens with one attached hydrogen (secondary N) is 6. The predicted octanol–water partition coefficient (Wildman–Crippen LogP) is 5.68. The van der Waals surface area contributed by atoms with Crippen LogP contribution >= 0.6 is 0 Å². The number of hydrogen-bond donors (Lipinski definition) is 6. The van der Waals surface area contributed by atoms with Crippen molar-refractivity contribution in [2.75, 3.05) is 58.0 Å². The Morgan fingerprint density at radius 2 is 0.849 bits per heavy atom. The Kier molecular flexibility index (Phi) is 39.5. The van der Waals surface area contributed by atoms with Gasteiger partial charge in [0.05, 0.1) is 46.4 Å². The lowest BCUT2D eigenvalue weighted by molar-refractivity contribution is -0.148. The van der Waals surface area contributed by atoms with Crippen LogP contribution < -0.4 is 31.9 Å². The molecule has 3 unspecified atom stereocenters. The Labute approximate surface area is 499 Å². The molecule has 0 aliphatic rings. The van der Waals surface area contributed by atoms with Crippen LogP contribution in [0.5, 0.6) is 0 Å². The molecule has 3 aromatic rings. The molecule has 5 amide bonds. The van der Waals surface area contributed by atoms with Crippen LogP contribution in [0.1, 0.15) is 123 Å². The number of benzene rings is 3. The summed E-state index contributed by atoms with van der Waals surface area (Å²) in [4.78, 5) is 169. The highest BCUT2D eigenvalue weighted by Crippen LogP contribution is 2.21. The summed E-state index contributed by atoms with van der Waals surface area (Å²) in [6, 6.07) is 14.9. The number of para-hydroxylation sites is 3. The fraction of sp³-hybridized carbons (Fsp3) is 0.377. The Morgan fingerprint density at radius 3 is 1.24 bits per heavy atom. The van der Waals surface area contributed by atoms with Crippen LogP contribution in [0, 0.1) is 0 Å². The summed E-state index contributed by atoms with van der Waals surface area (Å²) in [5.41, 5.74) is 1.31. The maximum atomic E-state index is 13.6. The minimum absolute atomic E-state index is 0.0317. The SMILES string of the molecule is CC.CCCC(=O)NC(CC(=O)c1ccccc1NC(=O)/C=C\C(=O)OC)C(=O)OC.CCCCOC(=O)C(CC(=O)c1ccccc1NC)NC(=O)C(CC(=O)c1ccccc1NC(=O)/C=C\C(=O)OC)NC(=O)CCC.COC(=O)/C=C\C=O. The topological polar surface area (TPSA) is 357 Å². The molecule has 25 heteroatoms. The molecule has 0 heterocycles. The molecule has 0 aromatic heterocycles. The Bertz CT molecular complexity index is 2880. The van der Waals surface area contributed by atoms with Crippen molar-refractivity contribution in [3.63, 3.8) is 0 Å². The number of rotatable bonds is 31. The standard InChI is InChI=1S/C34H42N4O9.C20H24N2O7.C5H6O3.C2H6/c1-5-7-19-47-34(45)27(21-29(40)22-13-8-10-15-24(22)35-3)38-33(44)26(37-30(41)12-6-2)20-28(39)23-14-9-11-16-25(23)36-31(42)17-18-32(43)46-4;1-4-7-17(24)22-15(20(27)29-3)12-16(23)13-8-5-6-9-14(13)21-18(25)10-11-19(26)28-2;1-8-5(7)3-2-4-6;1-2/h8-11,13-18,26-27,35H,5-7,12,19-21H2,1-4H3,(H,36,42)(H,37,41)(H,38,44);5-6,8-11,15H,4,7,12H2,1-3H3,(H,21,25)(H,22,24);2-4H,1H3;1-2H3/b18-17-;11-10-;3-2-;. The van der Waals surface area contributed by atoms with Crippen LogP contribution in [0.4, 0.5) is 17.1 Å². The van der Waals surface area contributed by atoms with Crippen LogP contribution in [-0.4, -0.2) is 143 Å². The molecule has 466 valence electrons. The van der Waals surface area contributed by atoms with Gasteiger partial charge in [-0.3, -0.25) is 43.2 Å². The first-order chi connectivity index (χ1) is 41.2. The number of Topliss-reactive ketones (excluding diaryl/α,β-unsaturated/α-hetero) is 3. The third-order valence-corrected chi connectivity index (χ3v) is 11.1. The minimum atomic E-state index is -1.44. The van der Waals surface area contributed by atoms with E-state index in [0.717, 1.165) is 57.1 Å². The molecule has 0 spiro atoms. The first kappa shape index (κ1) is 76.1. The van der Waals surface area contributed by atoms with E-state index >= 15 is 0 Å². The highest BCUT2D eigenvalue weighted by molar-refractivity contribution is 6.11. The lowest BCUT2D eigenvalue weighted by Gasteiger charge is -2.23. The molecule has 25 nitrogen and oxygen atoms in total. The van der Waals surface area contributed by atoms with E-state index in [2.05, 4.69) is 50.8 Å². The lowest BCUT2D eigenvalue weighted by Crippen LogP contribution is -2.53. The third kappa shape index (κ3) is 30.4. The first-order valence-electron chi connectivity index (χ1n) is 27.2. The molecule has 3 atom stereocenters. The van der Waals surface area contributed by atoms with Gasteiger partial charge < -0.3 is 55.6 Å². The summed E-state index contributed by atoms with van der Waals surface area (Å²) in [5.74, 6) is -8.19. The van der Waals surface area contributed by atoms with Gasteiger partial charge in [-0.05, 0) is 61.7 Å². The molecular weight excluding hydrogens is 1120 g/mol. The van der Waals surface area contributed by atoms with Gasteiger partial charge in [0, 0.05) is 91.9 Å². The number of allylic oxidation sites excluding steroid dienone is 1. The Balaban J connectivity index is 0.00000157. The summed E-state index contributed by atoms with van der Waals surface area (Å²) >= 11 is 0. The van der Waals surface area contributed by atoms with Crippen LogP contribution in [-0.2, 0) is 76.4 Å². The minimum Gasteiger partial charge on any atom is -0.467 e. The quantitative estimate of drug-likeness (QED) is 0.0113. The molecule has 0 bridgehead atoms. The van der Waals surface area contributed by atoms with Gasteiger partial charge >= 0.3 is 29.8 Å². The number of ether oxygens (including phenoxy) is 5. The van der Waals surface area contributed by atoms with Crippen LogP contribution in [0.25, 0.3) is 0 Å². The van der Waals surface area contributed by atoms with Gasteiger partial charge in [-0.1, -0.05) is 77.4 Å². The Hall–Kier alpha value is -9.94. The van der Waals surface area contributed by atoms with Crippen molar-refractivity contribution in [2.24, 2.45) is 0 Å². The number of aldehydes is 1. The summed E-state index contributed by atoms with van der Waals surface area (Å²) in [6.07, 6.45) is 7.72. The molecular formula is C61H78N6O19. The maximum absolute atomic E-state index is 13.6. The van der Waals surface area contributed by atoms with Gasteiger partial charge in [0.25, 0.3) is 0 Å². The fourth-order valence-electron chi connectivity index (χ4n) is 6.87. The van der Waals surface area contributed by atoms with E-state index < -0.39 is 102 Å². The van der Waals surface area contributed by atoms with Gasteiger partial charge in [-0.2, -0.15) is 0 Å². The predicted molar refractivity (Wildman–Crippen MR) is 317 cm³/mol. The highest BCUT2D eigenvalue weighted by atomic mass is 16.5. The number of anilines is 3. The maximum Gasteiger partial charge on any atom is 0.330 e. The summed E-state index contributed by atoms with van der Waals surface area (Å²) < 4.78 is 23.0. The Morgan fingerprint density at radius 1 is 0.465 bits per heavy atom. The molecule has 6 N–H and O–H groups in total. The second-order valence-corrected chi connectivity index (χ2v) is 17.3. The van der Waals surface area contributed by atoms with Gasteiger partial charge in [0.15, 0.2) is 17.3 Å². The van der Waals surface area contributed by atoms with E-state index in [9.17, 15) is 67.1 Å². The molecule has 0 aliphatic carbocycles. The zero-order valence-corrected chi connectivity index (χ0v) is 50.0. The normalized spacial score (nSPS) is 11.3. The second kappa shape index (κ2) is 44.6. The molecule has 86 heavy (non-hydrogen) atoms. The van der Waals surface area contributed by atoms with Crippen molar-refractivity contribution in [2.45, 2.75) is 111 Å². The average Bonchev–Trinajstić information content (AvgIpc) is 3.19. The number of methoxy groups -OCH3 is 4. The molecule has 3 rings (SSSR count). The van der Waals surface area contributed by atoms with Crippen molar-refractivity contribution in [1.29, 1.82) is 0 Å². The molecule has 3 aromatic carbocycles. The number of amides is 5. The number of hydrogen-bond acceptors (Lipinski definition) is 20. The van der Waals surface area contributed by atoms with Crippen molar-refractivity contribution in [3.05, 3.63) is 126 Å². The smallest absolute Gasteiger partial charge is 0.330 e. The van der Waals surface area contributed by atoms with Gasteiger partial charge in [0.1, 0.15) is 24.4 Å². The van der Waals surface area contributed by atoms with Crippen molar-refractivity contribution in [3.8, 4) is 0 Å². The fourth-order valence-corrected chi connectivity index (χ4v) is 6.87. The van der Waals surface area contributed by atoms with E-state index in [1.807, 2.05) is 27.7 Å². The van der Waals surface area contributed by atoms with Gasteiger partial charge in [-0.15, -0.1) is 0 Å². The van der Waals surface area contributed by atoms with Crippen LogP contribution in [0.2, 0.25) is 0 Å². The molecule has 0 aliphatic heterocycles. The van der Waals surface area contributed by atoms with E-state index in [4.69, 9.17) is 4.74 Å². The monoisotopic (exact) mass is 1200 g/mol. The number of carbonyl (C=O) groups is 14. The van der Waals surface area contributed by atoms with Crippen molar-refractivity contribution < 1.29 is 90.8 Å². The highest BCUT2D eigenvalue weighted by Gasteiger charge is 2.32. The number of ketones is 3. The molecule has 0 fully saturated rings. The zero-order chi connectivity index (χ0) is 65.0. The number of carbonyl (C=O) groups excluding carboxylic acids is 14. The third-order valence-electron chi connectivity index (χ3n) is 11.1. The zero-order valence-electron chi connectivity index (χ0n) is 50.0. The summed E-state index contributed by atoms with van der Waals surface area (Å²) in [6.45, 7) is 9.57. The lowest BCUT2D eigenvalue weighted by atomic mass is 9.99. The van der Waals surface area contributed by atoms with Crippen molar-refractivity contribution >= 4 is 100 Å². The summed E-state index contributed by atoms with van der Waals surface area (Å²) in [5, 5.41) is 15.5. The van der Waals surface area contributed by atoms with E-state index in [1.54, 1.807) is 62.5 Å². The largest absolute Gasteiger partial charge is 0.467 e. The van der Waals surface area contributed by atoms with Gasteiger partial charge in [0.2, 0.25) is 29.5 Å². The number of unbranched alkanes of at least 4 members (excludes halogenated alkanes) is 1. The van der Waals surface area contributed by atoms with Crippen LogP contribution in [0.15, 0.2) is 109 Å². The van der Waals surface area contributed by atoms with Crippen LogP contribution in [0.3, 0.4) is 0 Å². The van der Waals surface area contributed by atoms with E-state index in [0.29, 0.717) is 36.8 Å².